The molecular formula is C23H23NO3. The zero-order chi connectivity index (χ0) is 19.2. The Hall–Kier alpha value is -3.27. The molecule has 0 radical (unpaired) electrons. The van der Waals surface area contributed by atoms with Gasteiger partial charge in [-0.05, 0) is 31.1 Å². The lowest BCUT2D eigenvalue weighted by Crippen LogP contribution is -2.20. The third kappa shape index (κ3) is 4.11. The molecule has 0 unspecified atom stereocenters. The normalized spacial score (nSPS) is 11.4. The minimum absolute atomic E-state index is 0.162. The van der Waals surface area contributed by atoms with Crippen LogP contribution in [0.5, 0.6) is 5.75 Å². The summed E-state index contributed by atoms with van der Waals surface area (Å²) in [6.07, 6.45) is 4.99. The highest BCUT2D eigenvalue weighted by molar-refractivity contribution is 6.00. The van der Waals surface area contributed by atoms with Crippen molar-refractivity contribution in [2.24, 2.45) is 0 Å². The van der Waals surface area contributed by atoms with Gasteiger partial charge in [0, 0.05) is 35.2 Å². The highest BCUT2D eigenvalue weighted by Crippen LogP contribution is 2.37. The van der Waals surface area contributed by atoms with Gasteiger partial charge in [-0.25, -0.2) is 0 Å². The molecule has 138 valence electrons. The van der Waals surface area contributed by atoms with Crippen LogP contribution in [0.15, 0.2) is 71.9 Å². The van der Waals surface area contributed by atoms with Gasteiger partial charge in [0.2, 0.25) is 5.91 Å². The molecule has 1 N–H and O–H groups in total. The van der Waals surface area contributed by atoms with Crippen molar-refractivity contribution in [2.75, 3.05) is 13.2 Å². The highest BCUT2D eigenvalue weighted by Gasteiger charge is 2.15. The van der Waals surface area contributed by atoms with Crippen LogP contribution in [-0.2, 0) is 4.79 Å². The summed E-state index contributed by atoms with van der Waals surface area (Å²) in [5.74, 6) is 0.537. The Kier molecular flexibility index (Phi) is 5.77. The molecule has 27 heavy (non-hydrogen) atoms. The number of carbonyl (C=O) groups is 1. The third-order valence-electron chi connectivity index (χ3n) is 4.25. The minimum atomic E-state index is -0.162. The van der Waals surface area contributed by atoms with Gasteiger partial charge in [0.05, 0.1) is 12.9 Å². The Morgan fingerprint density at radius 3 is 2.74 bits per heavy atom. The number of carbonyl (C=O) groups excluding carboxylic acids is 1. The molecule has 3 aromatic rings. The maximum absolute atomic E-state index is 12.1. The van der Waals surface area contributed by atoms with E-state index in [1.54, 1.807) is 18.4 Å². The Balaban J connectivity index is 2.09. The van der Waals surface area contributed by atoms with E-state index in [4.69, 9.17) is 9.15 Å². The first kappa shape index (κ1) is 18.5. The van der Waals surface area contributed by atoms with Crippen molar-refractivity contribution in [3.63, 3.8) is 0 Å². The van der Waals surface area contributed by atoms with E-state index in [9.17, 15) is 4.79 Å². The number of hydrogen-bond acceptors (Lipinski definition) is 3. The standard InChI is InChI=1S/C23H23NO3/c1-4-11-24-23(25)12-16(3)18-13-19-20(17-9-7-6-8-10-17)15-27-22(19)14-21(18)26-5-2/h4,6-10,12-15H,1,5,11H2,2-3H3,(H,24,25)/b16-12+. The van der Waals surface area contributed by atoms with Crippen LogP contribution < -0.4 is 10.1 Å². The molecule has 0 aliphatic rings. The van der Waals surface area contributed by atoms with Crippen molar-refractivity contribution >= 4 is 22.4 Å². The largest absolute Gasteiger partial charge is 0.493 e. The van der Waals surface area contributed by atoms with Crippen molar-refractivity contribution in [3.8, 4) is 16.9 Å². The fraction of sp³-hybridized carbons (Fsp3) is 0.174. The molecule has 1 heterocycles. The molecule has 0 atom stereocenters. The van der Waals surface area contributed by atoms with Crippen LogP contribution in [0.2, 0.25) is 0 Å². The summed E-state index contributed by atoms with van der Waals surface area (Å²) in [6.45, 7) is 8.40. The Labute approximate surface area is 159 Å². The van der Waals surface area contributed by atoms with Gasteiger partial charge >= 0.3 is 0 Å². The average Bonchev–Trinajstić information content (AvgIpc) is 3.09. The molecule has 0 spiro atoms. The van der Waals surface area contributed by atoms with Gasteiger partial charge in [-0.2, -0.15) is 0 Å². The summed E-state index contributed by atoms with van der Waals surface area (Å²) in [6, 6.07) is 14.0. The summed E-state index contributed by atoms with van der Waals surface area (Å²) >= 11 is 0. The van der Waals surface area contributed by atoms with Crippen molar-refractivity contribution in [3.05, 3.63) is 73.0 Å². The molecule has 3 rings (SSSR count). The van der Waals surface area contributed by atoms with E-state index in [1.165, 1.54) is 0 Å². The maximum atomic E-state index is 12.1. The molecule has 0 aliphatic heterocycles. The molecule has 0 saturated heterocycles. The molecule has 1 amide bonds. The number of fused-ring (bicyclic) bond motifs is 1. The number of benzene rings is 2. The van der Waals surface area contributed by atoms with Gasteiger partial charge in [-0.15, -0.1) is 6.58 Å². The summed E-state index contributed by atoms with van der Waals surface area (Å²) in [5, 5.41) is 3.75. The van der Waals surface area contributed by atoms with Crippen LogP contribution in [-0.4, -0.2) is 19.1 Å². The van der Waals surface area contributed by atoms with Gasteiger partial charge < -0.3 is 14.5 Å². The fourth-order valence-electron chi connectivity index (χ4n) is 2.98. The van der Waals surface area contributed by atoms with Crippen LogP contribution in [0.3, 0.4) is 0 Å². The second-order valence-electron chi connectivity index (χ2n) is 6.15. The number of allylic oxidation sites excluding steroid dienone is 1. The van der Waals surface area contributed by atoms with Gasteiger partial charge in [0.1, 0.15) is 11.3 Å². The molecule has 4 heteroatoms. The molecular weight excluding hydrogens is 338 g/mol. The smallest absolute Gasteiger partial charge is 0.244 e. The quantitative estimate of drug-likeness (QED) is 0.464. The van der Waals surface area contributed by atoms with Gasteiger partial charge in [-0.1, -0.05) is 36.4 Å². The van der Waals surface area contributed by atoms with Crippen LogP contribution in [0.1, 0.15) is 19.4 Å². The number of amides is 1. The van der Waals surface area contributed by atoms with Gasteiger partial charge in [0.15, 0.2) is 0 Å². The zero-order valence-corrected chi connectivity index (χ0v) is 15.6. The Bertz CT molecular complexity index is 984. The first-order valence-electron chi connectivity index (χ1n) is 8.95. The topological polar surface area (TPSA) is 51.5 Å². The van der Waals surface area contributed by atoms with Crippen molar-refractivity contribution in [2.45, 2.75) is 13.8 Å². The zero-order valence-electron chi connectivity index (χ0n) is 15.6. The Morgan fingerprint density at radius 1 is 1.26 bits per heavy atom. The van der Waals surface area contributed by atoms with E-state index < -0.39 is 0 Å². The van der Waals surface area contributed by atoms with Crippen molar-refractivity contribution < 1.29 is 13.9 Å². The molecule has 0 aliphatic carbocycles. The lowest BCUT2D eigenvalue weighted by Gasteiger charge is -2.11. The Morgan fingerprint density at radius 2 is 2.04 bits per heavy atom. The molecule has 0 saturated carbocycles. The van der Waals surface area contributed by atoms with E-state index >= 15 is 0 Å². The van der Waals surface area contributed by atoms with Gasteiger partial charge in [-0.3, -0.25) is 4.79 Å². The van der Waals surface area contributed by atoms with E-state index in [1.807, 2.05) is 56.3 Å². The number of rotatable bonds is 7. The predicted molar refractivity (Wildman–Crippen MR) is 110 cm³/mol. The third-order valence-corrected chi connectivity index (χ3v) is 4.25. The number of hydrogen-bond donors (Lipinski definition) is 1. The van der Waals surface area contributed by atoms with E-state index in [2.05, 4.69) is 11.9 Å². The number of furan rings is 1. The second-order valence-corrected chi connectivity index (χ2v) is 6.15. The van der Waals surface area contributed by atoms with E-state index in [-0.39, 0.29) is 5.91 Å². The van der Waals surface area contributed by atoms with Crippen LogP contribution in [0.25, 0.3) is 27.7 Å². The lowest BCUT2D eigenvalue weighted by atomic mass is 9.99. The van der Waals surface area contributed by atoms with Crippen LogP contribution in [0, 0.1) is 0 Å². The number of ether oxygens (including phenoxy) is 1. The molecule has 0 bridgehead atoms. The van der Waals surface area contributed by atoms with Crippen LogP contribution >= 0.6 is 0 Å². The second kappa shape index (κ2) is 8.41. The molecule has 4 nitrogen and oxygen atoms in total. The van der Waals surface area contributed by atoms with Crippen molar-refractivity contribution in [1.29, 1.82) is 0 Å². The first-order valence-corrected chi connectivity index (χ1v) is 8.95. The number of nitrogens with one attached hydrogen (secondary N) is 1. The average molecular weight is 361 g/mol. The monoisotopic (exact) mass is 361 g/mol. The van der Waals surface area contributed by atoms with Gasteiger partial charge in [0.25, 0.3) is 0 Å². The predicted octanol–water partition coefficient (Wildman–Crippen LogP) is 5.20. The lowest BCUT2D eigenvalue weighted by molar-refractivity contribution is -0.116. The molecule has 2 aromatic carbocycles. The molecule has 1 aromatic heterocycles. The minimum Gasteiger partial charge on any atom is -0.493 e. The molecule has 0 fully saturated rings. The first-order chi connectivity index (χ1) is 13.1. The summed E-state index contributed by atoms with van der Waals surface area (Å²) in [4.78, 5) is 12.1. The summed E-state index contributed by atoms with van der Waals surface area (Å²) in [7, 11) is 0. The van der Waals surface area contributed by atoms with E-state index in [0.717, 1.165) is 33.2 Å². The maximum Gasteiger partial charge on any atom is 0.244 e. The fourth-order valence-corrected chi connectivity index (χ4v) is 2.98. The van der Waals surface area contributed by atoms with Crippen molar-refractivity contribution in [1.82, 2.24) is 5.32 Å². The van der Waals surface area contributed by atoms with Crippen LogP contribution in [0.4, 0.5) is 0 Å². The summed E-state index contributed by atoms with van der Waals surface area (Å²) < 4.78 is 11.6. The highest BCUT2D eigenvalue weighted by atomic mass is 16.5. The SMILES string of the molecule is C=CCNC(=O)/C=C(\C)c1cc2c(-c3ccccc3)coc2cc1OCC. The summed E-state index contributed by atoms with van der Waals surface area (Å²) in [5.41, 5.74) is 4.54. The van der Waals surface area contributed by atoms with E-state index in [0.29, 0.717) is 18.9 Å².